The van der Waals surface area contributed by atoms with E-state index in [1.807, 2.05) is 78.9 Å². The van der Waals surface area contributed by atoms with Crippen molar-refractivity contribution in [2.24, 2.45) is 20.5 Å². The number of fused-ring (bicyclic) bond motifs is 1. The molecule has 46 heavy (non-hydrogen) atoms. The first kappa shape index (κ1) is 30.1. The quantitative estimate of drug-likeness (QED) is 0.0638. The number of benzene rings is 6. The molecule has 0 radical (unpaired) electrons. The van der Waals surface area contributed by atoms with Crippen molar-refractivity contribution in [1.29, 1.82) is 0 Å². The van der Waals surface area contributed by atoms with Crippen LogP contribution < -0.4 is 9.47 Å². The Hall–Kier alpha value is -5.95. The van der Waals surface area contributed by atoms with E-state index in [4.69, 9.17) is 9.47 Å². The Kier molecular flexibility index (Phi) is 9.61. The molecule has 7 heteroatoms. The standard InChI is InChI=1S/C39H32N4O3/c1-2-3-27-45-33-21-15-30(16-22-33)39(44)46-34-23-19-32(20-24-34)41-43-38-26-25-37(35-11-7-8-12-36(35)38)42-40-31-17-13-29(14-18-31)28-9-5-4-6-10-28/h4-26H,2-3,27H2,1H3. The number of ether oxygens (including phenoxy) is 2. The highest BCUT2D eigenvalue weighted by atomic mass is 16.5. The maximum absolute atomic E-state index is 12.6. The molecule has 0 saturated carbocycles. The number of unbranched alkanes of at least 4 members (excludes halogenated alkanes) is 1. The predicted octanol–water partition coefficient (Wildman–Crippen LogP) is 11.7. The molecule has 0 N–H and O–H groups in total. The molecule has 0 saturated heterocycles. The average molecular weight is 605 g/mol. The number of nitrogens with zero attached hydrogens (tertiary/aromatic N) is 4. The van der Waals surface area contributed by atoms with Crippen LogP contribution in [-0.2, 0) is 0 Å². The summed E-state index contributed by atoms with van der Waals surface area (Å²) in [5.41, 5.74) is 5.58. The molecule has 0 amide bonds. The van der Waals surface area contributed by atoms with E-state index in [1.54, 1.807) is 48.5 Å². The van der Waals surface area contributed by atoms with Gasteiger partial charge in [0.05, 0.1) is 34.9 Å². The largest absolute Gasteiger partial charge is 0.494 e. The summed E-state index contributed by atoms with van der Waals surface area (Å²) in [5.74, 6) is 0.709. The molecule has 0 aliphatic heterocycles. The van der Waals surface area contributed by atoms with Crippen LogP contribution in [-0.4, -0.2) is 12.6 Å². The molecule has 6 aromatic rings. The van der Waals surface area contributed by atoms with Gasteiger partial charge in [0, 0.05) is 10.8 Å². The van der Waals surface area contributed by atoms with Crippen molar-refractivity contribution in [2.45, 2.75) is 19.8 Å². The SMILES string of the molecule is CCCCOc1ccc(C(=O)Oc2ccc(N=Nc3ccc(N=Nc4ccc(-c5ccccc5)cc4)c4ccccc34)cc2)cc1. The molecular weight excluding hydrogens is 572 g/mol. The fourth-order valence-electron chi connectivity index (χ4n) is 4.78. The van der Waals surface area contributed by atoms with Crippen LogP contribution in [0.25, 0.3) is 21.9 Å². The number of hydrogen-bond donors (Lipinski definition) is 0. The van der Waals surface area contributed by atoms with Crippen LogP contribution in [0.3, 0.4) is 0 Å². The minimum absolute atomic E-state index is 0.419. The molecule has 0 aromatic heterocycles. The molecule has 6 aromatic carbocycles. The molecule has 0 spiro atoms. The lowest BCUT2D eigenvalue weighted by Gasteiger charge is -2.07. The van der Waals surface area contributed by atoms with E-state index in [1.165, 1.54) is 0 Å². The third kappa shape index (κ3) is 7.57. The van der Waals surface area contributed by atoms with E-state index in [2.05, 4.69) is 39.5 Å². The van der Waals surface area contributed by atoms with Crippen LogP contribution in [0, 0.1) is 0 Å². The first-order chi connectivity index (χ1) is 22.7. The normalized spacial score (nSPS) is 11.3. The van der Waals surface area contributed by atoms with Crippen LogP contribution in [0.5, 0.6) is 11.5 Å². The number of esters is 1. The van der Waals surface area contributed by atoms with Crippen molar-refractivity contribution >= 4 is 39.5 Å². The van der Waals surface area contributed by atoms with Gasteiger partial charge in [-0.25, -0.2) is 4.79 Å². The van der Waals surface area contributed by atoms with Gasteiger partial charge < -0.3 is 9.47 Å². The smallest absolute Gasteiger partial charge is 0.343 e. The van der Waals surface area contributed by atoms with Gasteiger partial charge >= 0.3 is 5.97 Å². The first-order valence-electron chi connectivity index (χ1n) is 15.2. The van der Waals surface area contributed by atoms with E-state index >= 15 is 0 Å². The third-order valence-corrected chi connectivity index (χ3v) is 7.30. The second-order valence-corrected chi connectivity index (χ2v) is 10.6. The number of carbonyl (C=O) groups is 1. The molecule has 226 valence electrons. The Bertz CT molecular complexity index is 1970. The van der Waals surface area contributed by atoms with Gasteiger partial charge in [0.15, 0.2) is 0 Å². The minimum atomic E-state index is -0.442. The lowest BCUT2D eigenvalue weighted by atomic mass is 10.1. The molecule has 6 rings (SSSR count). The highest BCUT2D eigenvalue weighted by Crippen LogP contribution is 2.35. The summed E-state index contributed by atoms with van der Waals surface area (Å²) >= 11 is 0. The zero-order chi connectivity index (χ0) is 31.6. The van der Waals surface area contributed by atoms with Gasteiger partial charge in [-0.2, -0.15) is 10.2 Å². The Morgan fingerprint density at radius 3 is 1.65 bits per heavy atom. The molecular formula is C39H32N4O3. The summed E-state index contributed by atoms with van der Waals surface area (Å²) < 4.78 is 11.2. The predicted molar refractivity (Wildman–Crippen MR) is 182 cm³/mol. The van der Waals surface area contributed by atoms with E-state index in [0.717, 1.165) is 51.9 Å². The summed E-state index contributed by atoms with van der Waals surface area (Å²) in [6, 6.07) is 43.8. The van der Waals surface area contributed by atoms with Gasteiger partial charge in [-0.05, 0) is 90.3 Å². The van der Waals surface area contributed by atoms with E-state index in [9.17, 15) is 4.79 Å². The summed E-state index contributed by atoms with van der Waals surface area (Å²) in [6.45, 7) is 2.77. The minimum Gasteiger partial charge on any atom is -0.494 e. The van der Waals surface area contributed by atoms with Gasteiger partial charge in [0.25, 0.3) is 0 Å². The lowest BCUT2D eigenvalue weighted by Crippen LogP contribution is -2.08. The molecule has 0 aliphatic rings. The van der Waals surface area contributed by atoms with Crippen molar-refractivity contribution in [2.75, 3.05) is 6.61 Å². The Morgan fingerprint density at radius 1 is 0.543 bits per heavy atom. The molecule has 0 heterocycles. The van der Waals surface area contributed by atoms with Crippen LogP contribution in [0.1, 0.15) is 30.1 Å². The van der Waals surface area contributed by atoms with Crippen molar-refractivity contribution in [1.82, 2.24) is 0 Å². The lowest BCUT2D eigenvalue weighted by molar-refractivity contribution is 0.0734. The van der Waals surface area contributed by atoms with Gasteiger partial charge in [-0.1, -0.05) is 80.1 Å². The van der Waals surface area contributed by atoms with Crippen LogP contribution in [0.15, 0.2) is 160 Å². The fraction of sp³-hybridized carbons (Fsp3) is 0.103. The second-order valence-electron chi connectivity index (χ2n) is 10.6. The van der Waals surface area contributed by atoms with Crippen LogP contribution >= 0.6 is 0 Å². The molecule has 0 fully saturated rings. The highest BCUT2D eigenvalue weighted by Gasteiger charge is 2.10. The molecule has 0 atom stereocenters. The summed E-state index contributed by atoms with van der Waals surface area (Å²) in [5, 5.41) is 19.8. The third-order valence-electron chi connectivity index (χ3n) is 7.30. The number of rotatable bonds is 11. The van der Waals surface area contributed by atoms with E-state index in [0.29, 0.717) is 29.3 Å². The molecule has 0 unspecified atom stereocenters. The fourth-order valence-corrected chi connectivity index (χ4v) is 4.78. The van der Waals surface area contributed by atoms with Gasteiger partial charge in [0.1, 0.15) is 11.5 Å². The van der Waals surface area contributed by atoms with Gasteiger partial charge in [-0.3, -0.25) is 0 Å². The molecule has 0 aliphatic carbocycles. The Labute approximate surface area is 267 Å². The van der Waals surface area contributed by atoms with Crippen molar-refractivity contribution in [3.8, 4) is 22.6 Å². The summed E-state index contributed by atoms with van der Waals surface area (Å²) in [7, 11) is 0. The van der Waals surface area contributed by atoms with Crippen LogP contribution in [0.4, 0.5) is 22.7 Å². The van der Waals surface area contributed by atoms with Crippen molar-refractivity contribution in [3.05, 3.63) is 145 Å². The first-order valence-corrected chi connectivity index (χ1v) is 15.2. The van der Waals surface area contributed by atoms with E-state index < -0.39 is 5.97 Å². The maximum Gasteiger partial charge on any atom is 0.343 e. The Morgan fingerprint density at radius 2 is 1.07 bits per heavy atom. The molecule has 0 bridgehead atoms. The van der Waals surface area contributed by atoms with Crippen molar-refractivity contribution < 1.29 is 14.3 Å². The van der Waals surface area contributed by atoms with E-state index in [-0.39, 0.29) is 0 Å². The molecule has 7 nitrogen and oxygen atoms in total. The number of carbonyl (C=O) groups excluding carboxylic acids is 1. The topological polar surface area (TPSA) is 85.0 Å². The second kappa shape index (κ2) is 14.7. The Balaban J connectivity index is 1.11. The zero-order valence-corrected chi connectivity index (χ0v) is 25.4. The average Bonchev–Trinajstić information content (AvgIpc) is 3.11. The monoisotopic (exact) mass is 604 g/mol. The van der Waals surface area contributed by atoms with Gasteiger partial charge in [0.2, 0.25) is 0 Å². The number of hydrogen-bond acceptors (Lipinski definition) is 7. The van der Waals surface area contributed by atoms with Gasteiger partial charge in [-0.15, -0.1) is 10.2 Å². The zero-order valence-electron chi connectivity index (χ0n) is 25.4. The summed E-state index contributed by atoms with van der Waals surface area (Å²) in [6.07, 6.45) is 2.05. The van der Waals surface area contributed by atoms with Crippen molar-refractivity contribution in [3.63, 3.8) is 0 Å². The highest BCUT2D eigenvalue weighted by molar-refractivity contribution is 5.99. The summed E-state index contributed by atoms with van der Waals surface area (Å²) in [4.78, 5) is 12.6. The number of azo groups is 2. The maximum atomic E-state index is 12.6. The van der Waals surface area contributed by atoms with Crippen LogP contribution in [0.2, 0.25) is 0 Å².